The van der Waals surface area contributed by atoms with E-state index in [2.05, 4.69) is 5.32 Å². The minimum absolute atomic E-state index is 0.0438. The first-order chi connectivity index (χ1) is 12.5. The summed E-state index contributed by atoms with van der Waals surface area (Å²) in [4.78, 5) is 26.7. The fourth-order valence-electron chi connectivity index (χ4n) is 2.87. The molecule has 2 amide bonds. The number of likely N-dealkylation sites (tertiary alicyclic amines) is 1. The van der Waals surface area contributed by atoms with Gasteiger partial charge in [0.2, 0.25) is 11.8 Å². The summed E-state index contributed by atoms with van der Waals surface area (Å²) in [5, 5.41) is 2.75. The SMILES string of the molecule is O=C(Nc1ccc(SC(F)F)cc1)[C@@H]1CC(=O)N(Cc2ccccc2)C1. The minimum Gasteiger partial charge on any atom is -0.338 e. The third-order valence-corrected chi connectivity index (χ3v) is 4.87. The van der Waals surface area contributed by atoms with Crippen molar-refractivity contribution in [1.29, 1.82) is 0 Å². The molecule has 0 aliphatic carbocycles. The molecule has 0 bridgehead atoms. The number of nitrogens with zero attached hydrogens (tertiary/aromatic N) is 1. The Labute approximate surface area is 154 Å². The van der Waals surface area contributed by atoms with Crippen LogP contribution in [-0.4, -0.2) is 29.0 Å². The molecule has 136 valence electrons. The Morgan fingerprint density at radius 2 is 1.85 bits per heavy atom. The van der Waals surface area contributed by atoms with Crippen molar-refractivity contribution < 1.29 is 18.4 Å². The van der Waals surface area contributed by atoms with Crippen molar-refractivity contribution in [2.24, 2.45) is 5.92 Å². The number of rotatable bonds is 6. The van der Waals surface area contributed by atoms with E-state index in [0.717, 1.165) is 5.56 Å². The van der Waals surface area contributed by atoms with Crippen molar-refractivity contribution in [3.63, 3.8) is 0 Å². The van der Waals surface area contributed by atoms with Gasteiger partial charge in [-0.25, -0.2) is 0 Å². The van der Waals surface area contributed by atoms with E-state index in [1.165, 1.54) is 12.1 Å². The van der Waals surface area contributed by atoms with Gasteiger partial charge in [-0.2, -0.15) is 8.78 Å². The normalized spacial score (nSPS) is 17.0. The van der Waals surface area contributed by atoms with E-state index in [4.69, 9.17) is 0 Å². The van der Waals surface area contributed by atoms with Gasteiger partial charge in [-0.1, -0.05) is 42.1 Å². The fourth-order valence-corrected chi connectivity index (χ4v) is 3.37. The van der Waals surface area contributed by atoms with Crippen molar-refractivity contribution in [1.82, 2.24) is 4.90 Å². The number of thioether (sulfide) groups is 1. The number of halogens is 2. The molecule has 26 heavy (non-hydrogen) atoms. The number of hydrogen-bond donors (Lipinski definition) is 1. The number of alkyl halides is 2. The maximum absolute atomic E-state index is 12.4. The summed E-state index contributed by atoms with van der Waals surface area (Å²) in [6.07, 6.45) is 0.179. The third-order valence-electron chi connectivity index (χ3n) is 4.15. The molecule has 1 fully saturated rings. The quantitative estimate of drug-likeness (QED) is 0.776. The van der Waals surface area contributed by atoms with Crippen LogP contribution in [0.4, 0.5) is 14.5 Å². The lowest BCUT2D eigenvalue weighted by Crippen LogP contribution is -2.28. The summed E-state index contributed by atoms with van der Waals surface area (Å²) in [6.45, 7) is 0.863. The van der Waals surface area contributed by atoms with Crippen molar-refractivity contribution in [3.05, 3.63) is 60.2 Å². The summed E-state index contributed by atoms with van der Waals surface area (Å²) in [7, 11) is 0. The van der Waals surface area contributed by atoms with Gasteiger partial charge in [0.1, 0.15) is 0 Å². The summed E-state index contributed by atoms with van der Waals surface area (Å²) >= 11 is 0.455. The van der Waals surface area contributed by atoms with Crippen LogP contribution in [0, 0.1) is 5.92 Å². The fraction of sp³-hybridized carbons (Fsp3) is 0.263. The summed E-state index contributed by atoms with van der Waals surface area (Å²) in [5.74, 6) is -3.17. The van der Waals surface area contributed by atoms with Gasteiger partial charge in [-0.05, 0) is 29.8 Å². The Morgan fingerprint density at radius 1 is 1.15 bits per heavy atom. The van der Waals surface area contributed by atoms with Gasteiger partial charge in [-0.15, -0.1) is 0 Å². The van der Waals surface area contributed by atoms with Crippen LogP contribution in [0.15, 0.2) is 59.5 Å². The molecule has 0 spiro atoms. The van der Waals surface area contributed by atoms with E-state index in [1.807, 2.05) is 30.3 Å². The molecule has 0 aromatic heterocycles. The average Bonchev–Trinajstić information content (AvgIpc) is 2.98. The topological polar surface area (TPSA) is 49.4 Å². The Hall–Kier alpha value is -2.41. The maximum atomic E-state index is 12.4. The molecule has 0 unspecified atom stereocenters. The lowest BCUT2D eigenvalue weighted by molar-refractivity contribution is -0.128. The predicted octanol–water partition coefficient (Wildman–Crippen LogP) is 3.99. The Kier molecular flexibility index (Phi) is 5.88. The van der Waals surface area contributed by atoms with Crippen LogP contribution in [0.25, 0.3) is 0 Å². The number of carbonyl (C=O) groups is 2. The number of amides is 2. The van der Waals surface area contributed by atoms with Gasteiger partial charge in [0.25, 0.3) is 5.76 Å². The molecule has 1 saturated heterocycles. The molecule has 1 heterocycles. The molecule has 4 nitrogen and oxygen atoms in total. The zero-order valence-electron chi connectivity index (χ0n) is 13.9. The Morgan fingerprint density at radius 3 is 2.50 bits per heavy atom. The van der Waals surface area contributed by atoms with Gasteiger partial charge in [0, 0.05) is 30.1 Å². The summed E-state index contributed by atoms with van der Waals surface area (Å²) < 4.78 is 24.6. The second-order valence-corrected chi connectivity index (χ2v) is 7.12. The van der Waals surface area contributed by atoms with Crippen LogP contribution in [0.2, 0.25) is 0 Å². The highest BCUT2D eigenvalue weighted by Gasteiger charge is 2.34. The van der Waals surface area contributed by atoms with Gasteiger partial charge in [-0.3, -0.25) is 9.59 Å². The van der Waals surface area contributed by atoms with Crippen LogP contribution in [-0.2, 0) is 16.1 Å². The molecule has 0 radical (unpaired) electrons. The zero-order chi connectivity index (χ0) is 18.5. The molecule has 7 heteroatoms. The molecular formula is C19H18F2N2O2S. The van der Waals surface area contributed by atoms with Gasteiger partial charge in [0.05, 0.1) is 5.92 Å². The molecule has 2 aromatic carbocycles. The second kappa shape index (κ2) is 8.31. The first-order valence-corrected chi connectivity index (χ1v) is 9.06. The number of benzene rings is 2. The molecule has 1 N–H and O–H groups in total. The monoisotopic (exact) mass is 376 g/mol. The standard InChI is InChI=1S/C19H18F2N2O2S/c20-19(21)26-16-8-6-15(7-9-16)22-18(25)14-10-17(24)23(12-14)11-13-4-2-1-3-5-13/h1-9,14,19H,10-12H2,(H,22,25)/t14-/m1/s1. The second-order valence-electron chi connectivity index (χ2n) is 6.05. The summed E-state index contributed by atoms with van der Waals surface area (Å²) in [6, 6.07) is 15.9. The van der Waals surface area contributed by atoms with E-state index in [1.54, 1.807) is 17.0 Å². The Balaban J connectivity index is 1.56. The molecule has 0 saturated carbocycles. The molecule has 1 aliphatic heterocycles. The van der Waals surface area contributed by atoms with Crippen molar-refractivity contribution in [2.75, 3.05) is 11.9 Å². The number of nitrogens with one attached hydrogen (secondary N) is 1. The molecule has 2 aromatic rings. The van der Waals surface area contributed by atoms with Gasteiger partial charge in [0.15, 0.2) is 0 Å². The maximum Gasteiger partial charge on any atom is 0.288 e. The van der Waals surface area contributed by atoms with Crippen molar-refractivity contribution in [2.45, 2.75) is 23.6 Å². The zero-order valence-corrected chi connectivity index (χ0v) is 14.7. The van der Waals surface area contributed by atoms with Crippen LogP contribution in [0.3, 0.4) is 0 Å². The summed E-state index contributed by atoms with van der Waals surface area (Å²) in [5.41, 5.74) is 1.55. The van der Waals surface area contributed by atoms with E-state index in [0.29, 0.717) is 35.4 Å². The van der Waals surface area contributed by atoms with Crippen LogP contribution < -0.4 is 5.32 Å². The van der Waals surface area contributed by atoms with Crippen molar-refractivity contribution >= 4 is 29.3 Å². The van der Waals surface area contributed by atoms with Crippen LogP contribution in [0.5, 0.6) is 0 Å². The highest BCUT2D eigenvalue weighted by molar-refractivity contribution is 7.99. The molecule has 1 atom stereocenters. The number of hydrogen-bond acceptors (Lipinski definition) is 3. The van der Waals surface area contributed by atoms with Crippen molar-refractivity contribution in [3.8, 4) is 0 Å². The largest absolute Gasteiger partial charge is 0.338 e. The minimum atomic E-state index is -2.48. The first kappa shape index (κ1) is 18.4. The Bertz CT molecular complexity index is 769. The van der Waals surface area contributed by atoms with Gasteiger partial charge >= 0.3 is 0 Å². The predicted molar refractivity (Wildman–Crippen MR) is 96.9 cm³/mol. The molecule has 1 aliphatic rings. The number of carbonyl (C=O) groups excluding carboxylic acids is 2. The molecule has 3 rings (SSSR count). The smallest absolute Gasteiger partial charge is 0.288 e. The van der Waals surface area contributed by atoms with E-state index < -0.39 is 11.7 Å². The van der Waals surface area contributed by atoms with Crippen LogP contribution in [0.1, 0.15) is 12.0 Å². The van der Waals surface area contributed by atoms with Gasteiger partial charge < -0.3 is 10.2 Å². The van der Waals surface area contributed by atoms with E-state index in [-0.39, 0.29) is 18.2 Å². The highest BCUT2D eigenvalue weighted by Crippen LogP contribution is 2.27. The lowest BCUT2D eigenvalue weighted by Gasteiger charge is -2.16. The van der Waals surface area contributed by atoms with E-state index >= 15 is 0 Å². The number of anilines is 1. The van der Waals surface area contributed by atoms with Crippen LogP contribution >= 0.6 is 11.8 Å². The third kappa shape index (κ3) is 4.82. The van der Waals surface area contributed by atoms with E-state index in [9.17, 15) is 18.4 Å². The lowest BCUT2D eigenvalue weighted by atomic mass is 10.1. The highest BCUT2D eigenvalue weighted by atomic mass is 32.2. The molecular weight excluding hydrogens is 358 g/mol. The average molecular weight is 376 g/mol. The first-order valence-electron chi connectivity index (χ1n) is 8.18.